The molecule has 0 saturated carbocycles. The number of carbonyl (C=O) groups excluding carboxylic acids is 1. The molecule has 1 amide bonds. The number of methoxy groups -OCH3 is 1. The molecule has 76 valence electrons. The minimum absolute atomic E-state index is 0.0159. The van der Waals surface area contributed by atoms with Crippen molar-refractivity contribution in [3.8, 4) is 0 Å². The number of nitrogens with one attached hydrogen (secondary N) is 1. The lowest BCUT2D eigenvalue weighted by molar-refractivity contribution is -0.119. The normalized spacial score (nSPS) is 9.86. The lowest BCUT2D eigenvalue weighted by atomic mass is 10.3. The molecule has 0 atom stereocenters. The second kappa shape index (κ2) is 4.83. The van der Waals surface area contributed by atoms with Crippen LogP contribution in [0, 0.1) is 0 Å². The van der Waals surface area contributed by atoms with Crippen molar-refractivity contribution in [3.05, 3.63) is 23.2 Å². The van der Waals surface area contributed by atoms with E-state index in [9.17, 15) is 4.79 Å². The number of nitrogens with two attached hydrogens (primary N) is 1. The molecule has 0 aliphatic heterocycles. The van der Waals surface area contributed by atoms with Crippen molar-refractivity contribution >= 4 is 28.9 Å². The molecule has 0 aliphatic carbocycles. The molecule has 0 bridgehead atoms. The summed E-state index contributed by atoms with van der Waals surface area (Å²) < 4.78 is 4.66. The summed E-state index contributed by atoms with van der Waals surface area (Å²) in [6, 6.07) is 4.89. The van der Waals surface area contributed by atoms with Gasteiger partial charge in [-0.3, -0.25) is 4.79 Å². The van der Waals surface area contributed by atoms with Crippen molar-refractivity contribution in [2.45, 2.75) is 0 Å². The van der Waals surface area contributed by atoms with E-state index in [0.717, 1.165) is 0 Å². The molecule has 0 spiro atoms. The molecule has 14 heavy (non-hydrogen) atoms. The van der Waals surface area contributed by atoms with E-state index in [1.807, 2.05) is 0 Å². The van der Waals surface area contributed by atoms with E-state index >= 15 is 0 Å². The van der Waals surface area contributed by atoms with Crippen LogP contribution in [0.3, 0.4) is 0 Å². The fraction of sp³-hybridized carbons (Fsp3) is 0.222. The van der Waals surface area contributed by atoms with Crippen molar-refractivity contribution < 1.29 is 9.53 Å². The van der Waals surface area contributed by atoms with Gasteiger partial charge >= 0.3 is 0 Å². The van der Waals surface area contributed by atoms with E-state index in [1.54, 1.807) is 18.2 Å². The molecule has 0 heterocycles. The summed E-state index contributed by atoms with van der Waals surface area (Å²) >= 11 is 5.77. The van der Waals surface area contributed by atoms with E-state index in [-0.39, 0.29) is 12.5 Å². The van der Waals surface area contributed by atoms with Crippen molar-refractivity contribution in [2.24, 2.45) is 0 Å². The van der Waals surface area contributed by atoms with Crippen LogP contribution < -0.4 is 11.1 Å². The lowest BCUT2D eigenvalue weighted by Gasteiger charge is -2.05. The summed E-state index contributed by atoms with van der Waals surface area (Å²) in [6.45, 7) is 0.0159. The fourth-order valence-corrected chi connectivity index (χ4v) is 1.11. The van der Waals surface area contributed by atoms with E-state index in [2.05, 4.69) is 10.1 Å². The Morgan fingerprint density at radius 1 is 1.64 bits per heavy atom. The third-order valence-corrected chi connectivity index (χ3v) is 1.89. The van der Waals surface area contributed by atoms with Gasteiger partial charge in [0.1, 0.15) is 6.61 Å². The lowest BCUT2D eigenvalue weighted by Crippen LogP contribution is -2.17. The molecule has 0 aromatic heterocycles. The summed E-state index contributed by atoms with van der Waals surface area (Å²) in [5.41, 5.74) is 6.59. The van der Waals surface area contributed by atoms with Crippen LogP contribution in [0.5, 0.6) is 0 Å². The molecular weight excluding hydrogens is 204 g/mol. The van der Waals surface area contributed by atoms with Gasteiger partial charge in [0.2, 0.25) is 5.91 Å². The Morgan fingerprint density at radius 3 is 2.93 bits per heavy atom. The number of benzene rings is 1. The molecule has 3 N–H and O–H groups in total. The zero-order valence-electron chi connectivity index (χ0n) is 7.71. The van der Waals surface area contributed by atoms with Crippen LogP contribution in [0.15, 0.2) is 18.2 Å². The summed E-state index contributed by atoms with van der Waals surface area (Å²) in [6.07, 6.45) is 0. The van der Waals surface area contributed by atoms with Gasteiger partial charge in [-0.2, -0.15) is 0 Å². The Hall–Kier alpha value is -1.26. The minimum Gasteiger partial charge on any atom is -0.398 e. The molecule has 0 radical (unpaired) electrons. The number of nitrogen functional groups attached to an aromatic ring is 1. The highest BCUT2D eigenvalue weighted by Crippen LogP contribution is 2.22. The first kappa shape index (κ1) is 10.8. The zero-order chi connectivity index (χ0) is 10.6. The Labute approximate surface area is 87.0 Å². The molecule has 0 fully saturated rings. The van der Waals surface area contributed by atoms with E-state index < -0.39 is 0 Å². The van der Waals surface area contributed by atoms with Gasteiger partial charge in [0.05, 0.1) is 10.7 Å². The third-order valence-electron chi connectivity index (χ3n) is 1.56. The van der Waals surface area contributed by atoms with Crippen molar-refractivity contribution in [1.29, 1.82) is 0 Å². The highest BCUT2D eigenvalue weighted by Gasteiger charge is 2.02. The number of rotatable bonds is 3. The number of hydrogen-bond acceptors (Lipinski definition) is 3. The van der Waals surface area contributed by atoms with Gasteiger partial charge in [0.15, 0.2) is 0 Å². The monoisotopic (exact) mass is 214 g/mol. The van der Waals surface area contributed by atoms with Gasteiger partial charge in [-0.15, -0.1) is 0 Å². The maximum Gasteiger partial charge on any atom is 0.250 e. The van der Waals surface area contributed by atoms with Crippen LogP contribution in [0.2, 0.25) is 5.02 Å². The maximum atomic E-state index is 11.1. The predicted octanol–water partition coefficient (Wildman–Crippen LogP) is 1.51. The fourth-order valence-electron chi connectivity index (χ4n) is 0.933. The number of anilines is 2. The van der Waals surface area contributed by atoms with Gasteiger partial charge in [0, 0.05) is 12.8 Å². The maximum absolute atomic E-state index is 11.1. The van der Waals surface area contributed by atoms with Gasteiger partial charge in [0.25, 0.3) is 0 Å². The van der Waals surface area contributed by atoms with Crippen molar-refractivity contribution in [2.75, 3.05) is 24.8 Å². The second-order valence-electron chi connectivity index (χ2n) is 2.72. The predicted molar refractivity (Wildman–Crippen MR) is 56.4 cm³/mol. The highest BCUT2D eigenvalue weighted by atomic mass is 35.5. The first-order valence-electron chi connectivity index (χ1n) is 3.97. The van der Waals surface area contributed by atoms with Crippen molar-refractivity contribution in [3.63, 3.8) is 0 Å². The largest absolute Gasteiger partial charge is 0.398 e. The van der Waals surface area contributed by atoms with E-state index in [1.165, 1.54) is 7.11 Å². The molecule has 0 saturated heterocycles. The zero-order valence-corrected chi connectivity index (χ0v) is 8.47. The van der Waals surface area contributed by atoms with E-state index in [4.69, 9.17) is 17.3 Å². The Balaban J connectivity index is 2.68. The molecule has 1 aromatic rings. The number of halogens is 1. The molecule has 4 nitrogen and oxygen atoms in total. The Kier molecular flexibility index (Phi) is 3.73. The third kappa shape index (κ3) is 2.90. The molecule has 0 unspecified atom stereocenters. The molecule has 0 aliphatic rings. The Bertz CT molecular complexity index is 342. The average molecular weight is 215 g/mol. The second-order valence-corrected chi connectivity index (χ2v) is 3.12. The number of hydrogen-bond donors (Lipinski definition) is 2. The summed E-state index contributed by atoms with van der Waals surface area (Å²) in [4.78, 5) is 11.1. The number of carbonyl (C=O) groups is 1. The average Bonchev–Trinajstić information content (AvgIpc) is 2.12. The van der Waals surface area contributed by atoms with Crippen LogP contribution in [-0.2, 0) is 9.53 Å². The van der Waals surface area contributed by atoms with Gasteiger partial charge in [-0.25, -0.2) is 0 Å². The summed E-state index contributed by atoms with van der Waals surface area (Å²) in [7, 11) is 1.45. The molecule has 1 rings (SSSR count). The smallest absolute Gasteiger partial charge is 0.250 e. The van der Waals surface area contributed by atoms with Gasteiger partial charge in [-0.05, 0) is 18.2 Å². The summed E-state index contributed by atoms with van der Waals surface area (Å²) in [5.74, 6) is -0.228. The Morgan fingerprint density at radius 2 is 2.36 bits per heavy atom. The number of amides is 1. The first-order valence-corrected chi connectivity index (χ1v) is 4.35. The molecule has 1 aromatic carbocycles. The van der Waals surface area contributed by atoms with E-state index in [0.29, 0.717) is 16.4 Å². The number of ether oxygens (including phenoxy) is 1. The first-order chi connectivity index (χ1) is 6.63. The van der Waals surface area contributed by atoms with Gasteiger partial charge in [-0.1, -0.05) is 11.6 Å². The molecule has 5 heteroatoms. The topological polar surface area (TPSA) is 64.3 Å². The van der Waals surface area contributed by atoms with Crippen LogP contribution in [0.25, 0.3) is 0 Å². The van der Waals surface area contributed by atoms with Gasteiger partial charge < -0.3 is 15.8 Å². The summed E-state index contributed by atoms with van der Waals surface area (Å²) in [5, 5.41) is 3.02. The van der Waals surface area contributed by atoms with Crippen LogP contribution in [-0.4, -0.2) is 19.6 Å². The highest BCUT2D eigenvalue weighted by molar-refractivity contribution is 6.33. The van der Waals surface area contributed by atoms with Crippen LogP contribution >= 0.6 is 11.6 Å². The standard InChI is InChI=1S/C9H11ClN2O2/c1-14-5-9(13)12-6-2-3-8(11)7(10)4-6/h2-4H,5,11H2,1H3,(H,12,13). The minimum atomic E-state index is -0.228. The quantitative estimate of drug-likeness (QED) is 0.750. The SMILES string of the molecule is COCC(=O)Nc1ccc(N)c(Cl)c1. The molecular formula is C9H11ClN2O2. The van der Waals surface area contributed by atoms with Crippen LogP contribution in [0.4, 0.5) is 11.4 Å². The van der Waals surface area contributed by atoms with Crippen molar-refractivity contribution in [1.82, 2.24) is 0 Å². The van der Waals surface area contributed by atoms with Crippen LogP contribution in [0.1, 0.15) is 0 Å².